The van der Waals surface area contributed by atoms with Gasteiger partial charge in [0.2, 0.25) is 0 Å². The van der Waals surface area contributed by atoms with E-state index in [0.29, 0.717) is 12.6 Å². The van der Waals surface area contributed by atoms with Crippen LogP contribution in [0.25, 0.3) is 0 Å². The van der Waals surface area contributed by atoms with E-state index in [0.717, 1.165) is 11.6 Å². The summed E-state index contributed by atoms with van der Waals surface area (Å²) in [6.07, 6.45) is 9.15. The van der Waals surface area contributed by atoms with Crippen molar-refractivity contribution in [3.63, 3.8) is 0 Å². The summed E-state index contributed by atoms with van der Waals surface area (Å²) in [7, 11) is 0. The van der Waals surface area contributed by atoms with E-state index < -0.39 is 0 Å². The largest absolute Gasteiger partial charge is 0.466 e. The Morgan fingerprint density at radius 2 is 2.17 bits per heavy atom. The Hall–Kier alpha value is -1.32. The Kier molecular flexibility index (Phi) is 4.39. The first-order valence-electron chi connectivity index (χ1n) is 6.87. The van der Waals surface area contributed by atoms with Crippen LogP contribution in [-0.2, 0) is 16.0 Å². The normalized spacial score (nSPS) is 23.9. The molecule has 100 valence electrons. The van der Waals surface area contributed by atoms with Crippen LogP contribution in [0.3, 0.4) is 0 Å². The zero-order chi connectivity index (χ0) is 13.0. The van der Waals surface area contributed by atoms with Gasteiger partial charge in [-0.1, -0.05) is 6.92 Å². The van der Waals surface area contributed by atoms with Crippen molar-refractivity contribution in [2.45, 2.75) is 52.0 Å². The molecule has 0 amide bonds. The quantitative estimate of drug-likeness (QED) is 0.772. The predicted molar refractivity (Wildman–Crippen MR) is 69.2 cm³/mol. The molecular weight excluding hydrogens is 228 g/mol. The summed E-state index contributed by atoms with van der Waals surface area (Å²) in [5.74, 6) is 0.656. The zero-order valence-electron chi connectivity index (χ0n) is 11.3. The van der Waals surface area contributed by atoms with E-state index in [1.54, 1.807) is 0 Å². The van der Waals surface area contributed by atoms with Gasteiger partial charge in [-0.3, -0.25) is 4.79 Å². The fourth-order valence-corrected chi connectivity index (χ4v) is 2.57. The fourth-order valence-electron chi connectivity index (χ4n) is 2.57. The lowest BCUT2D eigenvalue weighted by atomic mass is 9.87. The van der Waals surface area contributed by atoms with Crippen LogP contribution in [0, 0.1) is 5.92 Å². The Bertz CT molecular complexity index is 392. The third kappa shape index (κ3) is 3.34. The highest BCUT2D eigenvalue weighted by atomic mass is 16.5. The number of nitrogens with zero attached hydrogens (tertiary/aromatic N) is 2. The van der Waals surface area contributed by atoms with Crippen LogP contribution in [0.2, 0.25) is 0 Å². The molecule has 1 aliphatic carbocycles. The van der Waals surface area contributed by atoms with Crippen LogP contribution in [0.4, 0.5) is 0 Å². The van der Waals surface area contributed by atoms with Crippen molar-refractivity contribution in [2.75, 3.05) is 6.61 Å². The number of carbonyl (C=O) groups is 1. The first-order valence-corrected chi connectivity index (χ1v) is 6.87. The molecule has 18 heavy (non-hydrogen) atoms. The van der Waals surface area contributed by atoms with Gasteiger partial charge in [0.05, 0.1) is 25.0 Å². The highest BCUT2D eigenvalue weighted by Crippen LogP contribution is 2.31. The molecule has 0 bridgehead atoms. The SMILES string of the molecule is CCOC(=O)Cc1cn(C2CCC(C)CC2)cn1. The van der Waals surface area contributed by atoms with E-state index in [2.05, 4.69) is 16.5 Å². The lowest BCUT2D eigenvalue weighted by molar-refractivity contribution is -0.142. The number of rotatable bonds is 4. The molecular formula is C14H22N2O2. The van der Waals surface area contributed by atoms with Gasteiger partial charge in [-0.2, -0.15) is 0 Å². The molecule has 0 spiro atoms. The standard InChI is InChI=1S/C14H22N2O2/c1-3-18-14(17)8-12-9-16(10-15-12)13-6-4-11(2)5-7-13/h9-11,13H,3-8H2,1-2H3. The number of carbonyl (C=O) groups excluding carboxylic acids is 1. The minimum absolute atomic E-state index is 0.194. The molecule has 1 heterocycles. The molecule has 0 unspecified atom stereocenters. The minimum Gasteiger partial charge on any atom is -0.466 e. The lowest BCUT2D eigenvalue weighted by Crippen LogP contribution is -2.15. The topological polar surface area (TPSA) is 44.1 Å². The number of hydrogen-bond acceptors (Lipinski definition) is 3. The van der Waals surface area contributed by atoms with Crippen LogP contribution in [0.15, 0.2) is 12.5 Å². The smallest absolute Gasteiger partial charge is 0.311 e. The van der Waals surface area contributed by atoms with Crippen molar-refractivity contribution < 1.29 is 9.53 Å². The molecule has 1 fully saturated rings. The number of aromatic nitrogens is 2. The third-order valence-electron chi connectivity index (χ3n) is 3.69. The molecule has 1 aromatic rings. The van der Waals surface area contributed by atoms with Crippen LogP contribution < -0.4 is 0 Å². The number of hydrogen-bond donors (Lipinski definition) is 0. The van der Waals surface area contributed by atoms with E-state index in [1.807, 2.05) is 19.4 Å². The van der Waals surface area contributed by atoms with Crippen molar-refractivity contribution in [1.29, 1.82) is 0 Å². The average molecular weight is 250 g/mol. The van der Waals surface area contributed by atoms with Crippen LogP contribution in [0.5, 0.6) is 0 Å². The second kappa shape index (κ2) is 6.03. The first-order chi connectivity index (χ1) is 8.69. The molecule has 0 aromatic carbocycles. The van der Waals surface area contributed by atoms with Gasteiger partial charge in [-0.05, 0) is 38.5 Å². The maximum atomic E-state index is 11.4. The summed E-state index contributed by atoms with van der Waals surface area (Å²) in [5, 5.41) is 0. The highest BCUT2D eigenvalue weighted by molar-refractivity contribution is 5.71. The fraction of sp³-hybridized carbons (Fsp3) is 0.714. The Labute approximate surface area is 108 Å². The zero-order valence-corrected chi connectivity index (χ0v) is 11.3. The Balaban J connectivity index is 1.91. The van der Waals surface area contributed by atoms with E-state index in [4.69, 9.17) is 4.74 Å². The first kappa shape index (κ1) is 13.1. The molecule has 4 heteroatoms. The molecule has 0 aliphatic heterocycles. The Morgan fingerprint density at radius 1 is 1.44 bits per heavy atom. The van der Waals surface area contributed by atoms with Crippen molar-refractivity contribution in [3.8, 4) is 0 Å². The third-order valence-corrected chi connectivity index (χ3v) is 3.69. The maximum Gasteiger partial charge on any atom is 0.311 e. The monoisotopic (exact) mass is 250 g/mol. The summed E-state index contributed by atoms with van der Waals surface area (Å²) >= 11 is 0. The van der Waals surface area contributed by atoms with Gasteiger partial charge in [0, 0.05) is 12.2 Å². The molecule has 0 saturated heterocycles. The van der Waals surface area contributed by atoms with E-state index in [-0.39, 0.29) is 12.4 Å². The van der Waals surface area contributed by atoms with Crippen molar-refractivity contribution in [1.82, 2.24) is 9.55 Å². The molecule has 4 nitrogen and oxygen atoms in total. The van der Waals surface area contributed by atoms with Crippen LogP contribution >= 0.6 is 0 Å². The summed E-state index contributed by atoms with van der Waals surface area (Å²) in [6, 6.07) is 0.560. The highest BCUT2D eigenvalue weighted by Gasteiger charge is 2.20. The van der Waals surface area contributed by atoms with Gasteiger partial charge in [0.15, 0.2) is 0 Å². The van der Waals surface area contributed by atoms with Gasteiger partial charge in [0.25, 0.3) is 0 Å². The summed E-state index contributed by atoms with van der Waals surface area (Å²) < 4.78 is 7.09. The van der Waals surface area contributed by atoms with E-state index >= 15 is 0 Å². The predicted octanol–water partition coefficient (Wildman–Crippen LogP) is 2.74. The molecule has 0 atom stereocenters. The molecule has 1 saturated carbocycles. The van der Waals surface area contributed by atoms with Gasteiger partial charge in [-0.25, -0.2) is 4.98 Å². The summed E-state index contributed by atoms with van der Waals surface area (Å²) in [5.41, 5.74) is 0.812. The minimum atomic E-state index is -0.194. The number of ether oxygens (including phenoxy) is 1. The second-order valence-electron chi connectivity index (χ2n) is 5.21. The van der Waals surface area contributed by atoms with Gasteiger partial charge in [-0.15, -0.1) is 0 Å². The van der Waals surface area contributed by atoms with Crippen LogP contribution in [-0.4, -0.2) is 22.1 Å². The number of imidazole rings is 1. The number of esters is 1. The second-order valence-corrected chi connectivity index (χ2v) is 5.21. The van der Waals surface area contributed by atoms with Crippen molar-refractivity contribution in [3.05, 3.63) is 18.2 Å². The summed E-state index contributed by atoms with van der Waals surface area (Å²) in [4.78, 5) is 15.7. The van der Waals surface area contributed by atoms with Gasteiger partial charge < -0.3 is 9.30 Å². The Morgan fingerprint density at radius 3 is 2.83 bits per heavy atom. The maximum absolute atomic E-state index is 11.4. The van der Waals surface area contributed by atoms with Gasteiger partial charge in [0.1, 0.15) is 0 Å². The van der Waals surface area contributed by atoms with Gasteiger partial charge >= 0.3 is 5.97 Å². The van der Waals surface area contributed by atoms with Crippen molar-refractivity contribution in [2.24, 2.45) is 5.92 Å². The molecule has 0 N–H and O–H groups in total. The molecule has 2 rings (SSSR count). The van der Waals surface area contributed by atoms with E-state index in [9.17, 15) is 4.79 Å². The van der Waals surface area contributed by atoms with Crippen LogP contribution in [0.1, 0.15) is 51.3 Å². The summed E-state index contributed by atoms with van der Waals surface area (Å²) in [6.45, 7) is 4.57. The lowest BCUT2D eigenvalue weighted by Gasteiger charge is -2.26. The molecule has 0 radical (unpaired) electrons. The average Bonchev–Trinajstić information content (AvgIpc) is 2.78. The molecule has 1 aliphatic rings. The van der Waals surface area contributed by atoms with Crippen molar-refractivity contribution >= 4 is 5.97 Å². The molecule has 1 aromatic heterocycles. The van der Waals surface area contributed by atoms with E-state index in [1.165, 1.54) is 25.7 Å².